The van der Waals surface area contributed by atoms with Gasteiger partial charge in [0.25, 0.3) is 10.0 Å². The lowest BCUT2D eigenvalue weighted by molar-refractivity contribution is -0.118. The van der Waals surface area contributed by atoms with E-state index < -0.39 is 10.0 Å². The van der Waals surface area contributed by atoms with Crippen molar-refractivity contribution in [2.24, 2.45) is 0 Å². The molecule has 0 saturated heterocycles. The Labute approximate surface area is 194 Å². The molecule has 0 fully saturated rings. The average Bonchev–Trinajstić information content (AvgIpc) is 3.51. The third-order valence-corrected chi connectivity index (χ3v) is 7.90. The highest BCUT2D eigenvalue weighted by molar-refractivity contribution is 7.93. The molecule has 164 valence electrons. The van der Waals surface area contributed by atoms with Crippen LogP contribution in [0.15, 0.2) is 65.1 Å². The molecule has 32 heavy (non-hydrogen) atoms. The van der Waals surface area contributed by atoms with Crippen molar-refractivity contribution < 1.29 is 13.2 Å². The average molecular weight is 487 g/mol. The molecule has 0 aliphatic carbocycles. The maximum Gasteiger partial charge on any atom is 0.263 e. The van der Waals surface area contributed by atoms with E-state index in [0.29, 0.717) is 36.1 Å². The van der Waals surface area contributed by atoms with Crippen molar-refractivity contribution in [3.05, 3.63) is 70.8 Å². The van der Waals surface area contributed by atoms with Crippen LogP contribution in [0.25, 0.3) is 10.9 Å². The van der Waals surface area contributed by atoms with E-state index in [1.165, 1.54) is 17.4 Å². The van der Waals surface area contributed by atoms with E-state index in [-0.39, 0.29) is 10.8 Å². The standard InChI is InChI=1S/C22H19ClN4O3S2/c23-17-1-3-19-15(13-17)5-9-26(19)10-7-21(28)27-11-6-16-14-18(2-4-20(16)27)32(29,30)25-22-24-8-12-31-22/h1-5,8-9,12-14H,6-7,10-11H2,(H,24,25). The Morgan fingerprint density at radius 1 is 1.19 bits per heavy atom. The number of carbonyl (C=O) groups is 1. The first-order chi connectivity index (χ1) is 15.4. The zero-order valence-corrected chi connectivity index (χ0v) is 19.3. The second-order valence-corrected chi connectivity index (χ2v) is 10.5. The van der Waals surface area contributed by atoms with E-state index in [0.717, 1.165) is 22.2 Å². The lowest BCUT2D eigenvalue weighted by Gasteiger charge is -2.18. The van der Waals surface area contributed by atoms with Gasteiger partial charge >= 0.3 is 0 Å². The molecule has 0 atom stereocenters. The quantitative estimate of drug-likeness (QED) is 0.434. The van der Waals surface area contributed by atoms with Crippen molar-refractivity contribution in [3.8, 4) is 0 Å². The van der Waals surface area contributed by atoms with Crippen LogP contribution in [-0.2, 0) is 27.8 Å². The number of fused-ring (bicyclic) bond motifs is 2. The van der Waals surface area contributed by atoms with Crippen molar-refractivity contribution in [2.75, 3.05) is 16.2 Å². The third-order valence-electron chi connectivity index (χ3n) is 5.51. The van der Waals surface area contributed by atoms with Crippen molar-refractivity contribution in [2.45, 2.75) is 24.3 Å². The Hall–Kier alpha value is -2.88. The second kappa shape index (κ2) is 8.23. The summed E-state index contributed by atoms with van der Waals surface area (Å²) in [5.41, 5.74) is 2.65. The predicted molar refractivity (Wildman–Crippen MR) is 127 cm³/mol. The molecule has 1 aliphatic rings. The molecule has 2 aromatic heterocycles. The van der Waals surface area contributed by atoms with E-state index in [1.807, 2.05) is 35.0 Å². The van der Waals surface area contributed by atoms with Gasteiger partial charge in [-0.15, -0.1) is 11.3 Å². The number of sulfonamides is 1. The number of carbonyl (C=O) groups excluding carboxylic acids is 1. The van der Waals surface area contributed by atoms with Crippen LogP contribution in [0.1, 0.15) is 12.0 Å². The number of rotatable bonds is 6. The molecular weight excluding hydrogens is 468 g/mol. The molecule has 1 aliphatic heterocycles. The van der Waals surface area contributed by atoms with E-state index in [4.69, 9.17) is 11.6 Å². The maximum atomic E-state index is 12.9. The monoisotopic (exact) mass is 486 g/mol. The maximum absolute atomic E-state index is 12.9. The molecule has 10 heteroatoms. The summed E-state index contributed by atoms with van der Waals surface area (Å²) in [6.45, 7) is 1.10. The molecule has 1 N–H and O–H groups in total. The minimum absolute atomic E-state index is 0.0103. The van der Waals surface area contributed by atoms with Crippen LogP contribution in [0.4, 0.5) is 10.8 Å². The van der Waals surface area contributed by atoms with E-state index in [1.54, 1.807) is 28.6 Å². The highest BCUT2D eigenvalue weighted by Gasteiger charge is 2.27. The van der Waals surface area contributed by atoms with Gasteiger partial charge in [0.05, 0.1) is 4.90 Å². The fourth-order valence-electron chi connectivity index (χ4n) is 3.97. The first-order valence-electron chi connectivity index (χ1n) is 10.0. The Morgan fingerprint density at radius 2 is 2.06 bits per heavy atom. The van der Waals surface area contributed by atoms with E-state index in [9.17, 15) is 13.2 Å². The Bertz CT molecular complexity index is 1410. The summed E-state index contributed by atoms with van der Waals surface area (Å²) in [6, 6.07) is 12.6. The van der Waals surface area contributed by atoms with Gasteiger partial charge in [0, 0.05) is 58.9 Å². The number of benzene rings is 2. The number of nitrogens with one attached hydrogen (secondary N) is 1. The van der Waals surface area contributed by atoms with Gasteiger partial charge in [-0.3, -0.25) is 9.52 Å². The number of hydrogen-bond acceptors (Lipinski definition) is 5. The zero-order chi connectivity index (χ0) is 22.3. The van der Waals surface area contributed by atoms with E-state index in [2.05, 4.69) is 9.71 Å². The molecule has 3 heterocycles. The van der Waals surface area contributed by atoms with Gasteiger partial charge in [-0.25, -0.2) is 13.4 Å². The van der Waals surface area contributed by atoms with E-state index >= 15 is 0 Å². The molecule has 0 bridgehead atoms. The molecule has 0 saturated carbocycles. The number of hydrogen-bond donors (Lipinski definition) is 1. The Kier molecular flexibility index (Phi) is 5.40. The number of aryl methyl sites for hydroxylation is 1. The lowest BCUT2D eigenvalue weighted by Crippen LogP contribution is -2.29. The van der Waals surface area contributed by atoms with Crippen molar-refractivity contribution in [1.29, 1.82) is 0 Å². The number of thiazole rings is 1. The molecule has 1 amide bonds. The van der Waals surface area contributed by atoms with Crippen molar-refractivity contribution >= 4 is 60.6 Å². The fourth-order valence-corrected chi connectivity index (χ4v) is 5.99. The number of anilines is 2. The first kappa shape index (κ1) is 21.0. The highest BCUT2D eigenvalue weighted by atomic mass is 35.5. The minimum atomic E-state index is -3.72. The summed E-state index contributed by atoms with van der Waals surface area (Å²) < 4.78 is 29.8. The van der Waals surface area contributed by atoms with Gasteiger partial charge in [0.2, 0.25) is 5.91 Å². The van der Waals surface area contributed by atoms with Crippen LogP contribution in [-0.4, -0.2) is 30.4 Å². The van der Waals surface area contributed by atoms with Gasteiger partial charge in [0.15, 0.2) is 5.13 Å². The number of halogens is 1. The Balaban J connectivity index is 1.30. The predicted octanol–water partition coefficient (Wildman–Crippen LogP) is 4.53. The van der Waals surface area contributed by atoms with Gasteiger partial charge in [-0.05, 0) is 54.4 Å². The normalized spacial score (nSPS) is 13.5. The largest absolute Gasteiger partial charge is 0.347 e. The highest BCUT2D eigenvalue weighted by Crippen LogP contribution is 2.31. The van der Waals surface area contributed by atoms with Crippen molar-refractivity contribution in [3.63, 3.8) is 0 Å². The number of nitrogens with zero attached hydrogens (tertiary/aromatic N) is 3. The van der Waals surface area contributed by atoms with Crippen LogP contribution in [0, 0.1) is 0 Å². The summed E-state index contributed by atoms with van der Waals surface area (Å²) in [6.07, 6.45) is 4.46. The summed E-state index contributed by atoms with van der Waals surface area (Å²) >= 11 is 7.27. The molecule has 7 nitrogen and oxygen atoms in total. The smallest absolute Gasteiger partial charge is 0.263 e. The van der Waals surface area contributed by atoms with Crippen LogP contribution in [0.2, 0.25) is 5.02 Å². The lowest BCUT2D eigenvalue weighted by atomic mass is 10.2. The SMILES string of the molecule is O=C(CCn1ccc2cc(Cl)ccc21)N1CCc2cc(S(=O)(=O)Nc3nccs3)ccc21. The minimum Gasteiger partial charge on any atom is -0.347 e. The third kappa shape index (κ3) is 3.99. The second-order valence-electron chi connectivity index (χ2n) is 7.49. The molecule has 4 aromatic rings. The number of aromatic nitrogens is 2. The summed E-state index contributed by atoms with van der Waals surface area (Å²) in [5.74, 6) is 0.0103. The molecule has 0 radical (unpaired) electrons. The van der Waals surface area contributed by atoms with Crippen LogP contribution >= 0.6 is 22.9 Å². The summed E-state index contributed by atoms with van der Waals surface area (Å²) in [5, 5.41) is 3.75. The summed E-state index contributed by atoms with van der Waals surface area (Å²) in [7, 11) is -3.72. The summed E-state index contributed by atoms with van der Waals surface area (Å²) in [4.78, 5) is 18.8. The first-order valence-corrected chi connectivity index (χ1v) is 12.7. The van der Waals surface area contributed by atoms with Crippen LogP contribution in [0.5, 0.6) is 0 Å². The fraction of sp³-hybridized carbons (Fsp3) is 0.182. The zero-order valence-electron chi connectivity index (χ0n) is 16.9. The molecule has 2 aromatic carbocycles. The van der Waals surface area contributed by atoms with Gasteiger partial charge in [0.1, 0.15) is 0 Å². The number of amides is 1. The van der Waals surface area contributed by atoms with Gasteiger partial charge in [-0.1, -0.05) is 11.6 Å². The molecule has 0 unspecified atom stereocenters. The van der Waals surface area contributed by atoms with Crippen molar-refractivity contribution in [1.82, 2.24) is 9.55 Å². The topological polar surface area (TPSA) is 84.3 Å². The van der Waals surface area contributed by atoms with Gasteiger partial charge < -0.3 is 9.47 Å². The Morgan fingerprint density at radius 3 is 2.88 bits per heavy atom. The van der Waals surface area contributed by atoms with Crippen LogP contribution < -0.4 is 9.62 Å². The van der Waals surface area contributed by atoms with Crippen LogP contribution in [0.3, 0.4) is 0 Å². The molecular formula is C22H19ClN4O3S2. The molecule has 5 rings (SSSR count). The van der Waals surface area contributed by atoms with Gasteiger partial charge in [-0.2, -0.15) is 0 Å². The molecule has 0 spiro atoms.